The van der Waals surface area contributed by atoms with Crippen LogP contribution < -0.4 is 0 Å². The van der Waals surface area contributed by atoms with Gasteiger partial charge < -0.3 is 0 Å². The molecule has 1 heterocycles. The minimum Gasteiger partial charge on any atom is -0.294 e. The van der Waals surface area contributed by atoms with E-state index in [-0.39, 0.29) is 18.2 Å². The monoisotopic (exact) mass is 390 g/mol. The Hall–Kier alpha value is -3.85. The Morgan fingerprint density at radius 1 is 0.667 bits per heavy atom. The Kier molecular flexibility index (Phi) is 6.21. The third-order valence-corrected chi connectivity index (χ3v) is 4.88. The molecular formula is C27H22N2O. The average Bonchev–Trinajstić information content (AvgIpc) is 2.84. The molecule has 3 aromatic carbocycles. The van der Waals surface area contributed by atoms with Crippen molar-refractivity contribution in [3.8, 4) is 0 Å². The topological polar surface area (TPSA) is 42.3 Å². The first-order valence-electron chi connectivity index (χ1n) is 9.99. The molecule has 0 N–H and O–H groups in total. The van der Waals surface area contributed by atoms with Crippen LogP contribution in [0.25, 0.3) is 0 Å². The summed E-state index contributed by atoms with van der Waals surface area (Å²) in [5.74, 6) is 0.0514. The van der Waals surface area contributed by atoms with Gasteiger partial charge in [0.2, 0.25) is 0 Å². The first-order chi connectivity index (χ1) is 14.8. The molecular weight excluding hydrogens is 368 g/mol. The number of aliphatic imine (C=N–C) groups is 1. The highest BCUT2D eigenvalue weighted by Crippen LogP contribution is 2.25. The number of nitrogens with zero attached hydrogens (tertiary/aromatic N) is 2. The van der Waals surface area contributed by atoms with Gasteiger partial charge in [-0.05, 0) is 12.1 Å². The van der Waals surface area contributed by atoms with E-state index in [9.17, 15) is 4.79 Å². The average molecular weight is 390 g/mol. The van der Waals surface area contributed by atoms with E-state index in [1.165, 1.54) is 0 Å². The van der Waals surface area contributed by atoms with Crippen molar-refractivity contribution in [3.63, 3.8) is 0 Å². The van der Waals surface area contributed by atoms with Gasteiger partial charge in [-0.1, -0.05) is 97.1 Å². The highest BCUT2D eigenvalue weighted by atomic mass is 16.1. The van der Waals surface area contributed by atoms with Crippen LogP contribution in [0.5, 0.6) is 0 Å². The predicted octanol–water partition coefficient (Wildman–Crippen LogP) is 5.93. The molecule has 30 heavy (non-hydrogen) atoms. The number of Topliss-reactive ketones (excluding diaryl/α,β-unsaturated/α-hetero) is 1. The minimum atomic E-state index is -0.380. The number of hydrogen-bond acceptors (Lipinski definition) is 3. The van der Waals surface area contributed by atoms with E-state index in [1.54, 1.807) is 6.20 Å². The molecule has 3 heteroatoms. The SMILES string of the molecule is O=C(CC(N=C(c1ccccc1)c1ccccc1)c1ccccn1)c1ccccc1. The lowest BCUT2D eigenvalue weighted by molar-refractivity contribution is 0.0974. The number of hydrogen-bond donors (Lipinski definition) is 0. The fourth-order valence-electron chi connectivity index (χ4n) is 3.37. The van der Waals surface area contributed by atoms with Crippen LogP contribution in [-0.2, 0) is 0 Å². The summed E-state index contributed by atoms with van der Waals surface area (Å²) < 4.78 is 0. The normalized spacial score (nSPS) is 11.5. The second kappa shape index (κ2) is 9.57. The highest BCUT2D eigenvalue weighted by molar-refractivity contribution is 6.13. The maximum Gasteiger partial charge on any atom is 0.165 e. The van der Waals surface area contributed by atoms with Crippen molar-refractivity contribution >= 4 is 11.5 Å². The molecule has 0 saturated heterocycles. The van der Waals surface area contributed by atoms with Crippen molar-refractivity contribution in [2.24, 2.45) is 4.99 Å². The van der Waals surface area contributed by atoms with E-state index in [0.29, 0.717) is 5.56 Å². The molecule has 0 spiro atoms. The van der Waals surface area contributed by atoms with E-state index < -0.39 is 0 Å². The number of pyridine rings is 1. The molecule has 1 unspecified atom stereocenters. The Labute approximate surface area is 176 Å². The number of ketones is 1. The lowest BCUT2D eigenvalue weighted by Crippen LogP contribution is -2.12. The summed E-state index contributed by atoms with van der Waals surface area (Å²) in [5, 5.41) is 0. The summed E-state index contributed by atoms with van der Waals surface area (Å²) in [6.45, 7) is 0. The van der Waals surface area contributed by atoms with E-state index >= 15 is 0 Å². The second-order valence-electron chi connectivity index (χ2n) is 6.97. The molecule has 0 saturated carbocycles. The molecule has 0 aliphatic rings. The van der Waals surface area contributed by atoms with Crippen molar-refractivity contribution in [2.45, 2.75) is 12.5 Å². The zero-order valence-electron chi connectivity index (χ0n) is 16.6. The van der Waals surface area contributed by atoms with Crippen molar-refractivity contribution in [3.05, 3.63) is 138 Å². The van der Waals surface area contributed by atoms with Crippen LogP contribution in [-0.4, -0.2) is 16.5 Å². The van der Waals surface area contributed by atoms with E-state index in [4.69, 9.17) is 4.99 Å². The first-order valence-corrected chi connectivity index (χ1v) is 9.99. The van der Waals surface area contributed by atoms with Gasteiger partial charge in [0.15, 0.2) is 5.78 Å². The van der Waals surface area contributed by atoms with Crippen LogP contribution in [0, 0.1) is 0 Å². The number of carbonyl (C=O) groups is 1. The fraction of sp³-hybridized carbons (Fsp3) is 0.0741. The molecule has 1 atom stereocenters. The van der Waals surface area contributed by atoms with Gasteiger partial charge >= 0.3 is 0 Å². The van der Waals surface area contributed by atoms with Crippen molar-refractivity contribution in [1.29, 1.82) is 0 Å². The van der Waals surface area contributed by atoms with Crippen molar-refractivity contribution in [1.82, 2.24) is 4.98 Å². The molecule has 0 aliphatic heterocycles. The quantitative estimate of drug-likeness (QED) is 0.290. The smallest absolute Gasteiger partial charge is 0.165 e. The molecule has 3 nitrogen and oxygen atoms in total. The molecule has 0 fully saturated rings. The van der Waals surface area contributed by atoms with Crippen LogP contribution in [0.1, 0.15) is 39.6 Å². The lowest BCUT2D eigenvalue weighted by atomic mass is 9.98. The van der Waals surface area contributed by atoms with Crippen molar-refractivity contribution in [2.75, 3.05) is 0 Å². The zero-order chi connectivity index (χ0) is 20.6. The molecule has 146 valence electrons. The van der Waals surface area contributed by atoms with Gasteiger partial charge in [0.05, 0.1) is 17.4 Å². The molecule has 0 bridgehead atoms. The standard InChI is InChI=1S/C27H22N2O/c30-26(21-12-4-1-5-13-21)20-25(24-18-10-11-19-28-24)29-27(22-14-6-2-7-15-22)23-16-8-3-9-17-23/h1-19,25H,20H2. The molecule has 0 radical (unpaired) electrons. The van der Waals surface area contributed by atoms with Crippen LogP contribution in [0.15, 0.2) is 120 Å². The van der Waals surface area contributed by atoms with E-state index in [1.807, 2.05) is 109 Å². The third-order valence-electron chi connectivity index (χ3n) is 4.88. The van der Waals surface area contributed by atoms with Gasteiger partial charge in [-0.25, -0.2) is 0 Å². The second-order valence-corrected chi connectivity index (χ2v) is 6.97. The van der Waals surface area contributed by atoms with Gasteiger partial charge in [0.1, 0.15) is 0 Å². The van der Waals surface area contributed by atoms with Gasteiger partial charge in [0.25, 0.3) is 0 Å². The van der Waals surface area contributed by atoms with Gasteiger partial charge in [-0.3, -0.25) is 14.8 Å². The number of benzene rings is 3. The maximum absolute atomic E-state index is 13.0. The number of rotatable bonds is 7. The van der Waals surface area contributed by atoms with Crippen molar-refractivity contribution < 1.29 is 4.79 Å². The lowest BCUT2D eigenvalue weighted by Gasteiger charge is -2.15. The summed E-state index contributed by atoms with van der Waals surface area (Å²) in [6, 6.07) is 34.9. The molecule has 0 aliphatic carbocycles. The van der Waals surface area contributed by atoms with Gasteiger partial charge in [0, 0.05) is 29.3 Å². The fourth-order valence-corrected chi connectivity index (χ4v) is 3.37. The van der Waals surface area contributed by atoms with E-state index in [2.05, 4.69) is 4.98 Å². The largest absolute Gasteiger partial charge is 0.294 e. The predicted molar refractivity (Wildman–Crippen MR) is 121 cm³/mol. The summed E-state index contributed by atoms with van der Waals surface area (Å²) in [7, 11) is 0. The molecule has 0 amide bonds. The molecule has 4 rings (SSSR count). The maximum atomic E-state index is 13.0. The summed E-state index contributed by atoms with van der Waals surface area (Å²) >= 11 is 0. The Morgan fingerprint density at radius 2 is 1.17 bits per heavy atom. The Balaban J connectivity index is 1.78. The van der Waals surface area contributed by atoms with Gasteiger partial charge in [-0.15, -0.1) is 0 Å². The van der Waals surface area contributed by atoms with Crippen LogP contribution in [0.3, 0.4) is 0 Å². The summed E-state index contributed by atoms with van der Waals surface area (Å²) in [6.07, 6.45) is 2.00. The molecule has 1 aromatic heterocycles. The summed E-state index contributed by atoms with van der Waals surface area (Å²) in [4.78, 5) is 22.6. The molecule has 4 aromatic rings. The Bertz CT molecular complexity index is 1070. The third kappa shape index (κ3) is 4.76. The van der Waals surface area contributed by atoms with Crippen LogP contribution in [0.2, 0.25) is 0 Å². The van der Waals surface area contributed by atoms with Crippen LogP contribution in [0.4, 0.5) is 0 Å². The van der Waals surface area contributed by atoms with Crippen LogP contribution >= 0.6 is 0 Å². The summed E-state index contributed by atoms with van der Waals surface area (Å²) in [5.41, 5.74) is 4.35. The zero-order valence-corrected chi connectivity index (χ0v) is 16.6. The highest BCUT2D eigenvalue weighted by Gasteiger charge is 2.19. The Morgan fingerprint density at radius 3 is 1.67 bits per heavy atom. The first kappa shape index (κ1) is 19.5. The number of carbonyl (C=O) groups excluding carboxylic acids is 1. The number of aromatic nitrogens is 1. The minimum absolute atomic E-state index is 0.0514. The van der Waals surface area contributed by atoms with E-state index in [0.717, 1.165) is 22.5 Å². The van der Waals surface area contributed by atoms with Gasteiger partial charge in [-0.2, -0.15) is 0 Å².